The number of aromatic nitrogens is 3. The first-order valence-electron chi connectivity index (χ1n) is 7.55. The summed E-state index contributed by atoms with van der Waals surface area (Å²) < 4.78 is 20.9. The van der Waals surface area contributed by atoms with E-state index in [2.05, 4.69) is 10.2 Å². The van der Waals surface area contributed by atoms with E-state index in [0.29, 0.717) is 11.5 Å². The molecule has 126 valence electrons. The summed E-state index contributed by atoms with van der Waals surface area (Å²) in [5.41, 5.74) is 1.52. The van der Waals surface area contributed by atoms with Gasteiger partial charge >= 0.3 is 0 Å². The van der Waals surface area contributed by atoms with E-state index >= 15 is 0 Å². The molecule has 0 radical (unpaired) electrons. The average Bonchev–Trinajstić information content (AvgIpc) is 2.92. The quantitative estimate of drug-likeness (QED) is 0.859. The van der Waals surface area contributed by atoms with Gasteiger partial charge in [-0.05, 0) is 43.5 Å². The van der Waals surface area contributed by atoms with Gasteiger partial charge in [0.25, 0.3) is 0 Å². The van der Waals surface area contributed by atoms with Gasteiger partial charge in [0.2, 0.25) is 5.95 Å². The van der Waals surface area contributed by atoms with Crippen molar-refractivity contribution in [1.29, 1.82) is 0 Å². The van der Waals surface area contributed by atoms with Crippen LogP contribution in [-0.4, -0.2) is 35.0 Å². The lowest BCUT2D eigenvalue weighted by molar-refractivity contribution is 0.0830. The van der Waals surface area contributed by atoms with Gasteiger partial charge in [-0.2, -0.15) is 0 Å². The Kier molecular flexibility index (Phi) is 5.59. The van der Waals surface area contributed by atoms with Crippen LogP contribution in [0.3, 0.4) is 0 Å². The summed E-state index contributed by atoms with van der Waals surface area (Å²) in [6, 6.07) is 5.06. The highest BCUT2D eigenvalue weighted by atomic mass is 35.5. The zero-order chi connectivity index (χ0) is 15.7. The molecule has 0 aliphatic carbocycles. The van der Waals surface area contributed by atoms with Gasteiger partial charge in [-0.3, -0.25) is 4.57 Å². The van der Waals surface area contributed by atoms with Gasteiger partial charge in [-0.25, -0.2) is 4.39 Å². The molecule has 1 fully saturated rings. The van der Waals surface area contributed by atoms with Crippen LogP contribution in [0.25, 0.3) is 0 Å². The second-order valence-electron chi connectivity index (χ2n) is 5.80. The highest BCUT2D eigenvalue weighted by Gasteiger charge is 2.23. The van der Waals surface area contributed by atoms with E-state index in [4.69, 9.17) is 4.74 Å². The third-order valence-electron chi connectivity index (χ3n) is 4.30. The lowest BCUT2D eigenvalue weighted by Crippen LogP contribution is -2.19. The Morgan fingerprint density at radius 1 is 1.26 bits per heavy atom. The zero-order valence-electron chi connectivity index (χ0n) is 13.6. The molecule has 0 saturated carbocycles. The van der Waals surface area contributed by atoms with E-state index in [9.17, 15) is 4.39 Å². The Bertz CT molecular complexity index is 670. The highest BCUT2D eigenvalue weighted by molar-refractivity contribution is 5.85. The Hall–Kier alpha value is -1.66. The van der Waals surface area contributed by atoms with Gasteiger partial charge < -0.3 is 9.64 Å². The topological polar surface area (TPSA) is 43.2 Å². The molecule has 2 heterocycles. The number of halogens is 2. The van der Waals surface area contributed by atoms with Crippen molar-refractivity contribution in [3.8, 4) is 0 Å². The summed E-state index contributed by atoms with van der Waals surface area (Å²) in [7, 11) is 3.90. The Morgan fingerprint density at radius 3 is 2.61 bits per heavy atom. The standard InChI is InChI=1S/C16H21FN4O.ClH/c1-11-10-13(4-5-14(11)17)20(2)16-19-18-15(21(16)3)12-6-8-22-9-7-12;/h4-5,10,12H,6-9H2,1-3H3;1H. The molecular weight excluding hydrogens is 319 g/mol. The van der Waals surface area contributed by atoms with Crippen LogP contribution in [-0.2, 0) is 11.8 Å². The minimum absolute atomic E-state index is 0. The Morgan fingerprint density at radius 2 is 1.96 bits per heavy atom. The van der Waals surface area contributed by atoms with Crippen LogP contribution in [0, 0.1) is 12.7 Å². The van der Waals surface area contributed by atoms with Crippen LogP contribution in [0.1, 0.15) is 30.1 Å². The van der Waals surface area contributed by atoms with Crippen molar-refractivity contribution in [2.45, 2.75) is 25.7 Å². The van der Waals surface area contributed by atoms with E-state index in [0.717, 1.165) is 43.5 Å². The normalized spacial score (nSPS) is 15.3. The molecule has 1 aromatic heterocycles. The molecule has 0 bridgehead atoms. The summed E-state index contributed by atoms with van der Waals surface area (Å²) in [6.45, 7) is 3.32. The molecule has 1 aromatic carbocycles. The van der Waals surface area contributed by atoms with Gasteiger partial charge in [0.15, 0.2) is 0 Å². The number of hydrogen-bond donors (Lipinski definition) is 0. The number of aryl methyl sites for hydroxylation is 1. The first kappa shape index (κ1) is 17.7. The second kappa shape index (κ2) is 7.27. The molecule has 1 saturated heterocycles. The summed E-state index contributed by atoms with van der Waals surface area (Å²) in [5, 5.41) is 8.69. The lowest BCUT2D eigenvalue weighted by Gasteiger charge is -2.22. The lowest BCUT2D eigenvalue weighted by atomic mass is 10.00. The van der Waals surface area contributed by atoms with Crippen molar-refractivity contribution in [2.24, 2.45) is 7.05 Å². The number of ether oxygens (including phenoxy) is 1. The van der Waals surface area contributed by atoms with Crippen molar-refractivity contribution in [3.05, 3.63) is 35.4 Å². The van der Waals surface area contributed by atoms with Gasteiger partial charge in [0.05, 0.1) is 0 Å². The largest absolute Gasteiger partial charge is 0.381 e. The first-order chi connectivity index (χ1) is 10.6. The predicted octanol–water partition coefficient (Wildman–Crippen LogP) is 3.35. The third kappa shape index (κ3) is 3.48. The van der Waals surface area contributed by atoms with Crippen molar-refractivity contribution < 1.29 is 9.13 Å². The SMILES string of the molecule is Cc1cc(N(C)c2nnc(C3CCOCC3)n2C)ccc1F.Cl. The molecule has 1 aliphatic heterocycles. The van der Waals surface area contributed by atoms with E-state index in [1.807, 2.05) is 29.6 Å². The molecule has 0 amide bonds. The van der Waals surface area contributed by atoms with Crippen LogP contribution in [0.5, 0.6) is 0 Å². The molecule has 3 rings (SSSR count). The van der Waals surface area contributed by atoms with E-state index in [1.165, 1.54) is 6.07 Å². The third-order valence-corrected chi connectivity index (χ3v) is 4.30. The van der Waals surface area contributed by atoms with Crippen molar-refractivity contribution in [2.75, 3.05) is 25.2 Å². The zero-order valence-corrected chi connectivity index (χ0v) is 14.4. The fraction of sp³-hybridized carbons (Fsp3) is 0.500. The molecule has 0 atom stereocenters. The molecule has 0 unspecified atom stereocenters. The van der Waals surface area contributed by atoms with Crippen LogP contribution in [0.15, 0.2) is 18.2 Å². The number of nitrogens with zero attached hydrogens (tertiary/aromatic N) is 4. The van der Waals surface area contributed by atoms with Crippen LogP contribution < -0.4 is 4.90 Å². The minimum Gasteiger partial charge on any atom is -0.381 e. The van der Waals surface area contributed by atoms with Crippen molar-refractivity contribution >= 4 is 24.0 Å². The van der Waals surface area contributed by atoms with Crippen molar-refractivity contribution in [1.82, 2.24) is 14.8 Å². The molecular formula is C16H22ClFN4O. The number of anilines is 2. The Balaban J connectivity index is 0.00000192. The number of hydrogen-bond acceptors (Lipinski definition) is 4. The number of rotatable bonds is 3. The molecule has 2 aromatic rings. The minimum atomic E-state index is -0.196. The summed E-state index contributed by atoms with van der Waals surface area (Å²) in [6.07, 6.45) is 1.96. The molecule has 1 aliphatic rings. The summed E-state index contributed by atoms with van der Waals surface area (Å²) in [4.78, 5) is 1.93. The van der Waals surface area contributed by atoms with E-state index in [-0.39, 0.29) is 18.2 Å². The predicted molar refractivity (Wildman–Crippen MR) is 90.2 cm³/mol. The Labute approximate surface area is 141 Å². The highest BCUT2D eigenvalue weighted by Crippen LogP contribution is 2.29. The summed E-state index contributed by atoms with van der Waals surface area (Å²) in [5.74, 6) is 1.94. The van der Waals surface area contributed by atoms with Gasteiger partial charge in [0, 0.05) is 38.9 Å². The van der Waals surface area contributed by atoms with Gasteiger partial charge in [-0.15, -0.1) is 22.6 Å². The van der Waals surface area contributed by atoms with Gasteiger partial charge in [-0.1, -0.05) is 0 Å². The molecule has 0 spiro atoms. The maximum atomic E-state index is 13.4. The van der Waals surface area contributed by atoms with Crippen LogP contribution >= 0.6 is 12.4 Å². The fourth-order valence-electron chi connectivity index (χ4n) is 2.89. The number of benzene rings is 1. The van der Waals surface area contributed by atoms with Crippen molar-refractivity contribution in [3.63, 3.8) is 0 Å². The fourth-order valence-corrected chi connectivity index (χ4v) is 2.89. The molecule has 5 nitrogen and oxygen atoms in total. The molecule has 0 N–H and O–H groups in total. The van der Waals surface area contributed by atoms with E-state index in [1.54, 1.807) is 13.0 Å². The summed E-state index contributed by atoms with van der Waals surface area (Å²) >= 11 is 0. The smallest absolute Gasteiger partial charge is 0.231 e. The molecule has 7 heteroatoms. The van der Waals surface area contributed by atoms with Crippen LogP contribution in [0.2, 0.25) is 0 Å². The van der Waals surface area contributed by atoms with Gasteiger partial charge in [0.1, 0.15) is 11.6 Å². The molecule has 23 heavy (non-hydrogen) atoms. The van der Waals surface area contributed by atoms with Crippen LogP contribution in [0.4, 0.5) is 16.0 Å². The average molecular weight is 341 g/mol. The first-order valence-corrected chi connectivity index (χ1v) is 7.55. The maximum absolute atomic E-state index is 13.4. The monoisotopic (exact) mass is 340 g/mol. The second-order valence-corrected chi connectivity index (χ2v) is 5.80. The maximum Gasteiger partial charge on any atom is 0.231 e. The van der Waals surface area contributed by atoms with E-state index < -0.39 is 0 Å².